The molecule has 2 aromatic rings. The lowest BCUT2D eigenvalue weighted by molar-refractivity contribution is 0.102. The number of ether oxygens (including phenoxy) is 3. The number of aromatic nitrogens is 1. The van der Waals surface area contributed by atoms with Crippen molar-refractivity contribution in [2.75, 3.05) is 19.5 Å². The van der Waals surface area contributed by atoms with E-state index in [1.807, 2.05) is 13.8 Å². The molecule has 1 aromatic carbocycles. The van der Waals surface area contributed by atoms with Gasteiger partial charge in [-0.3, -0.25) is 4.79 Å². The highest BCUT2D eigenvalue weighted by Crippen LogP contribution is 2.29. The van der Waals surface area contributed by atoms with Crippen LogP contribution in [-0.2, 0) is 0 Å². The average molecular weight is 316 g/mol. The third-order valence-electron chi connectivity index (χ3n) is 2.99. The van der Waals surface area contributed by atoms with Crippen LogP contribution in [0.5, 0.6) is 17.4 Å². The highest BCUT2D eigenvalue weighted by Gasteiger charge is 2.12. The number of carbonyl (C=O) groups excluding carboxylic acids is 1. The maximum atomic E-state index is 12.3. The van der Waals surface area contributed by atoms with Crippen molar-refractivity contribution in [3.63, 3.8) is 0 Å². The van der Waals surface area contributed by atoms with Gasteiger partial charge >= 0.3 is 0 Å². The molecule has 0 saturated heterocycles. The predicted octanol–water partition coefficient (Wildman–Crippen LogP) is 3.14. The van der Waals surface area contributed by atoms with Crippen LogP contribution in [0.2, 0.25) is 0 Å². The van der Waals surface area contributed by atoms with Crippen LogP contribution in [0.3, 0.4) is 0 Å². The Hall–Kier alpha value is -2.76. The average Bonchev–Trinajstić information content (AvgIpc) is 2.55. The maximum absolute atomic E-state index is 12.3. The number of pyridine rings is 1. The Bertz CT molecular complexity index is 669. The van der Waals surface area contributed by atoms with Gasteiger partial charge in [0.15, 0.2) is 11.5 Å². The van der Waals surface area contributed by atoms with Gasteiger partial charge in [0, 0.05) is 11.6 Å². The topological polar surface area (TPSA) is 69.7 Å². The minimum absolute atomic E-state index is 0.0222. The lowest BCUT2D eigenvalue weighted by atomic mass is 10.2. The van der Waals surface area contributed by atoms with Gasteiger partial charge in [-0.05, 0) is 38.1 Å². The van der Waals surface area contributed by atoms with Gasteiger partial charge in [0.2, 0.25) is 5.88 Å². The molecule has 1 amide bonds. The van der Waals surface area contributed by atoms with Crippen LogP contribution in [0.25, 0.3) is 0 Å². The molecule has 0 spiro atoms. The molecule has 0 aliphatic rings. The zero-order valence-corrected chi connectivity index (χ0v) is 13.6. The third-order valence-corrected chi connectivity index (χ3v) is 2.99. The molecule has 2 rings (SSSR count). The van der Waals surface area contributed by atoms with Crippen molar-refractivity contribution in [2.24, 2.45) is 0 Å². The summed E-state index contributed by atoms with van der Waals surface area (Å²) in [5.41, 5.74) is 1.05. The molecule has 1 aromatic heterocycles. The fourth-order valence-corrected chi connectivity index (χ4v) is 1.94. The van der Waals surface area contributed by atoms with Gasteiger partial charge in [-0.15, -0.1) is 0 Å². The summed E-state index contributed by atoms with van der Waals surface area (Å²) in [4.78, 5) is 16.3. The second-order valence-electron chi connectivity index (χ2n) is 5.08. The van der Waals surface area contributed by atoms with E-state index in [-0.39, 0.29) is 12.0 Å². The number of amides is 1. The quantitative estimate of drug-likeness (QED) is 0.886. The molecule has 0 fully saturated rings. The van der Waals surface area contributed by atoms with Gasteiger partial charge in [-0.1, -0.05) is 0 Å². The van der Waals surface area contributed by atoms with Crippen molar-refractivity contribution in [2.45, 2.75) is 20.0 Å². The Labute approximate surface area is 135 Å². The van der Waals surface area contributed by atoms with E-state index < -0.39 is 0 Å². The first-order valence-electron chi connectivity index (χ1n) is 7.19. The van der Waals surface area contributed by atoms with Crippen molar-refractivity contribution >= 4 is 11.6 Å². The largest absolute Gasteiger partial charge is 0.493 e. The van der Waals surface area contributed by atoms with Crippen LogP contribution in [0.4, 0.5) is 5.69 Å². The summed E-state index contributed by atoms with van der Waals surface area (Å²) in [7, 11) is 3.07. The molecule has 0 atom stereocenters. The zero-order chi connectivity index (χ0) is 16.8. The summed E-state index contributed by atoms with van der Waals surface area (Å²) in [6, 6.07) is 8.45. The molecule has 1 N–H and O–H groups in total. The molecule has 0 radical (unpaired) electrons. The first kappa shape index (κ1) is 16.6. The van der Waals surface area contributed by atoms with Crippen LogP contribution in [0, 0.1) is 0 Å². The van der Waals surface area contributed by atoms with Gasteiger partial charge in [-0.2, -0.15) is 0 Å². The van der Waals surface area contributed by atoms with E-state index in [1.165, 1.54) is 20.4 Å². The molecule has 23 heavy (non-hydrogen) atoms. The van der Waals surface area contributed by atoms with E-state index in [9.17, 15) is 4.79 Å². The van der Waals surface area contributed by atoms with Crippen molar-refractivity contribution < 1.29 is 19.0 Å². The maximum Gasteiger partial charge on any atom is 0.255 e. The van der Waals surface area contributed by atoms with E-state index in [1.54, 1.807) is 30.3 Å². The molecule has 6 nitrogen and oxygen atoms in total. The number of hydrogen-bond donors (Lipinski definition) is 1. The number of nitrogens with zero attached hydrogens (tertiary/aromatic N) is 1. The standard InChI is InChI=1S/C17H20N2O4/c1-11(2)23-14-7-5-12(9-15(14)21-3)17(20)19-13-6-8-16(22-4)18-10-13/h5-11H,1-4H3,(H,19,20). The Balaban J connectivity index is 2.15. The smallest absolute Gasteiger partial charge is 0.255 e. The first-order chi connectivity index (χ1) is 11.0. The lowest BCUT2D eigenvalue weighted by Gasteiger charge is -2.14. The van der Waals surface area contributed by atoms with Gasteiger partial charge in [-0.25, -0.2) is 4.98 Å². The number of benzene rings is 1. The molecule has 0 bridgehead atoms. The van der Waals surface area contributed by atoms with Gasteiger partial charge in [0.25, 0.3) is 5.91 Å². The lowest BCUT2D eigenvalue weighted by Crippen LogP contribution is -2.13. The van der Waals surface area contributed by atoms with E-state index in [0.29, 0.717) is 28.6 Å². The summed E-state index contributed by atoms with van der Waals surface area (Å²) in [5.74, 6) is 1.34. The molecular weight excluding hydrogens is 296 g/mol. The molecule has 122 valence electrons. The number of hydrogen-bond acceptors (Lipinski definition) is 5. The highest BCUT2D eigenvalue weighted by atomic mass is 16.5. The number of nitrogens with one attached hydrogen (secondary N) is 1. The Morgan fingerprint density at radius 2 is 1.87 bits per heavy atom. The van der Waals surface area contributed by atoms with Crippen molar-refractivity contribution in [3.05, 3.63) is 42.1 Å². The van der Waals surface area contributed by atoms with E-state index in [4.69, 9.17) is 14.2 Å². The minimum Gasteiger partial charge on any atom is -0.493 e. The first-order valence-corrected chi connectivity index (χ1v) is 7.19. The van der Waals surface area contributed by atoms with Crippen molar-refractivity contribution in [1.29, 1.82) is 0 Å². The van der Waals surface area contributed by atoms with E-state index in [2.05, 4.69) is 10.3 Å². The molecular formula is C17H20N2O4. The monoisotopic (exact) mass is 316 g/mol. The summed E-state index contributed by atoms with van der Waals surface area (Å²) in [6.45, 7) is 3.85. The van der Waals surface area contributed by atoms with Crippen LogP contribution in [0.1, 0.15) is 24.2 Å². The predicted molar refractivity (Wildman–Crippen MR) is 87.5 cm³/mol. The van der Waals surface area contributed by atoms with Crippen molar-refractivity contribution in [3.8, 4) is 17.4 Å². The van der Waals surface area contributed by atoms with E-state index in [0.717, 1.165) is 0 Å². The summed E-state index contributed by atoms with van der Waals surface area (Å²) < 4.78 is 15.9. The van der Waals surface area contributed by atoms with Crippen LogP contribution in [-0.4, -0.2) is 31.2 Å². The van der Waals surface area contributed by atoms with Crippen LogP contribution in [0.15, 0.2) is 36.5 Å². The molecule has 1 heterocycles. The van der Waals surface area contributed by atoms with Gasteiger partial charge in [0.1, 0.15) is 0 Å². The Kier molecular flexibility index (Phi) is 5.41. The van der Waals surface area contributed by atoms with Crippen molar-refractivity contribution in [1.82, 2.24) is 4.98 Å². The van der Waals surface area contributed by atoms with Gasteiger partial charge in [0.05, 0.1) is 32.2 Å². The van der Waals surface area contributed by atoms with Gasteiger partial charge < -0.3 is 19.5 Å². The molecule has 0 unspecified atom stereocenters. The zero-order valence-electron chi connectivity index (χ0n) is 13.6. The second kappa shape index (κ2) is 7.49. The number of anilines is 1. The van der Waals surface area contributed by atoms with Crippen LogP contribution >= 0.6 is 0 Å². The molecule has 6 heteroatoms. The summed E-state index contributed by atoms with van der Waals surface area (Å²) in [5, 5.41) is 2.77. The SMILES string of the molecule is COc1ccc(NC(=O)c2ccc(OC(C)C)c(OC)c2)cn1. The minimum atomic E-state index is -0.258. The third kappa shape index (κ3) is 4.35. The number of carbonyl (C=O) groups is 1. The molecule has 0 aliphatic heterocycles. The molecule has 0 saturated carbocycles. The number of rotatable bonds is 6. The number of methoxy groups -OCH3 is 2. The fraction of sp³-hybridized carbons (Fsp3) is 0.294. The second-order valence-corrected chi connectivity index (χ2v) is 5.08. The fourth-order valence-electron chi connectivity index (χ4n) is 1.94. The Morgan fingerprint density at radius 3 is 2.43 bits per heavy atom. The summed E-state index contributed by atoms with van der Waals surface area (Å²) >= 11 is 0. The normalized spacial score (nSPS) is 10.3. The van der Waals surface area contributed by atoms with E-state index >= 15 is 0 Å². The highest BCUT2D eigenvalue weighted by molar-refractivity contribution is 6.04. The van der Waals surface area contributed by atoms with Crippen LogP contribution < -0.4 is 19.5 Å². The molecule has 0 aliphatic carbocycles. The summed E-state index contributed by atoms with van der Waals surface area (Å²) in [6.07, 6.45) is 1.55. The Morgan fingerprint density at radius 1 is 1.09 bits per heavy atom.